The Morgan fingerprint density at radius 2 is 1.82 bits per heavy atom. The zero-order valence-corrected chi connectivity index (χ0v) is 11.2. The van der Waals surface area contributed by atoms with E-state index in [0.717, 1.165) is 12.8 Å². The molecule has 0 unspecified atom stereocenters. The van der Waals surface area contributed by atoms with Gasteiger partial charge >= 0.3 is 27.3 Å². The maximum Gasteiger partial charge on any atom is 1.00 e. The molecule has 2 nitrogen and oxygen atoms in total. The van der Waals surface area contributed by atoms with E-state index in [1.807, 2.05) is 0 Å². The van der Waals surface area contributed by atoms with E-state index in [2.05, 4.69) is 0 Å². The minimum Gasteiger partial charge on any atom is -0.550 e. The first-order chi connectivity index (χ1) is 4.79. The summed E-state index contributed by atoms with van der Waals surface area (Å²) in [7, 11) is 0. The summed E-state index contributed by atoms with van der Waals surface area (Å²) in [6.07, 6.45) is 6.15. The van der Waals surface area contributed by atoms with Gasteiger partial charge in [-0.1, -0.05) is 32.1 Å². The monoisotopic (exact) mass is 346 g/mol. The van der Waals surface area contributed by atoms with Gasteiger partial charge in [0, 0.05) is 5.97 Å². The van der Waals surface area contributed by atoms with E-state index in [1.165, 1.54) is 19.3 Å². The molecule has 0 atom stereocenters. The smallest absolute Gasteiger partial charge is 0.550 e. The molecule has 0 aromatic carbocycles. The van der Waals surface area contributed by atoms with Gasteiger partial charge in [-0.05, 0) is 12.3 Å². The van der Waals surface area contributed by atoms with Gasteiger partial charge < -0.3 is 9.90 Å². The molecule has 0 bridgehead atoms. The van der Waals surface area contributed by atoms with E-state index in [9.17, 15) is 9.90 Å². The van der Waals surface area contributed by atoms with Gasteiger partial charge in [-0.3, -0.25) is 0 Å². The number of carbonyl (C=O) groups is 1. The van der Waals surface area contributed by atoms with Gasteiger partial charge in [0.2, 0.25) is 0 Å². The molecule has 0 N–H and O–H groups in total. The van der Waals surface area contributed by atoms with E-state index in [1.54, 1.807) is 0 Å². The SMILES string of the molecule is O=C([O-])CC1CCCCC1.[Tl+]. The van der Waals surface area contributed by atoms with Crippen LogP contribution < -0.4 is 5.11 Å². The van der Waals surface area contributed by atoms with Crippen LogP contribution in [0.4, 0.5) is 0 Å². The fourth-order valence-electron chi connectivity index (χ4n) is 1.63. The van der Waals surface area contributed by atoms with Gasteiger partial charge in [-0.25, -0.2) is 0 Å². The van der Waals surface area contributed by atoms with Crippen molar-refractivity contribution in [1.82, 2.24) is 0 Å². The van der Waals surface area contributed by atoms with Crippen LogP contribution in [0.3, 0.4) is 0 Å². The molecule has 0 aromatic heterocycles. The molecule has 0 aliphatic heterocycles. The number of carbonyl (C=O) groups excluding carboxylic acids is 1. The van der Waals surface area contributed by atoms with Crippen molar-refractivity contribution in [3.05, 3.63) is 0 Å². The molecule has 0 spiro atoms. The molecule has 0 amide bonds. The van der Waals surface area contributed by atoms with E-state index in [4.69, 9.17) is 0 Å². The molecule has 60 valence electrons. The van der Waals surface area contributed by atoms with E-state index >= 15 is 0 Å². The minimum absolute atomic E-state index is 0. The number of rotatable bonds is 2. The quantitative estimate of drug-likeness (QED) is 0.677. The van der Waals surface area contributed by atoms with Crippen molar-refractivity contribution in [3.8, 4) is 0 Å². The van der Waals surface area contributed by atoms with Crippen molar-refractivity contribution in [1.29, 1.82) is 0 Å². The van der Waals surface area contributed by atoms with E-state index in [0.29, 0.717) is 5.92 Å². The first kappa shape index (κ1) is 11.4. The third kappa shape index (κ3) is 4.77. The maximum absolute atomic E-state index is 10.2. The van der Waals surface area contributed by atoms with Crippen LogP contribution in [0.2, 0.25) is 0 Å². The third-order valence-electron chi connectivity index (χ3n) is 2.18. The van der Waals surface area contributed by atoms with Gasteiger partial charge in [0.15, 0.2) is 0 Å². The van der Waals surface area contributed by atoms with Gasteiger partial charge in [0.1, 0.15) is 0 Å². The zero-order chi connectivity index (χ0) is 7.40. The normalized spacial score (nSPS) is 18.9. The van der Waals surface area contributed by atoms with Crippen LogP contribution in [-0.2, 0) is 4.79 Å². The second-order valence-electron chi connectivity index (χ2n) is 3.08. The standard InChI is InChI=1S/C8H14O2.Tl/c9-8(10)6-7-4-2-1-3-5-7;/h7H,1-6H2,(H,9,10);/q;+1/p-1. The first-order valence-corrected chi connectivity index (χ1v) is 3.99. The van der Waals surface area contributed by atoms with Crippen LogP contribution in [0.5, 0.6) is 0 Å². The maximum atomic E-state index is 10.2. The Morgan fingerprint density at radius 1 is 1.27 bits per heavy atom. The molecule has 1 aliphatic carbocycles. The Balaban J connectivity index is 0.000001000. The molecule has 1 aliphatic rings. The van der Waals surface area contributed by atoms with Crippen LogP contribution in [0.1, 0.15) is 38.5 Å². The summed E-state index contributed by atoms with van der Waals surface area (Å²) in [6.45, 7) is 0. The molecule has 1 fully saturated rings. The van der Waals surface area contributed by atoms with Crippen molar-refractivity contribution in [2.45, 2.75) is 38.5 Å². The molecule has 0 aromatic rings. The summed E-state index contributed by atoms with van der Waals surface area (Å²) in [5.74, 6) is -0.467. The molecule has 0 heterocycles. The second kappa shape index (κ2) is 5.97. The molecule has 0 saturated heterocycles. The number of aliphatic carboxylic acids is 1. The molecule has 1 saturated carbocycles. The average molecular weight is 346 g/mol. The van der Waals surface area contributed by atoms with Crippen LogP contribution in [0.25, 0.3) is 0 Å². The summed E-state index contributed by atoms with van der Waals surface area (Å²) in [4.78, 5) is 10.2. The van der Waals surface area contributed by atoms with E-state index in [-0.39, 0.29) is 33.7 Å². The molecule has 0 radical (unpaired) electrons. The van der Waals surface area contributed by atoms with Crippen LogP contribution in [0.15, 0.2) is 0 Å². The van der Waals surface area contributed by atoms with Crippen LogP contribution in [-0.4, -0.2) is 33.3 Å². The number of hydrogen-bond acceptors (Lipinski definition) is 2. The predicted octanol–water partition coefficient (Wildman–Crippen LogP) is 0.326. The van der Waals surface area contributed by atoms with Crippen molar-refractivity contribution in [2.75, 3.05) is 0 Å². The van der Waals surface area contributed by atoms with Crippen molar-refractivity contribution in [2.24, 2.45) is 5.92 Å². The Kier molecular flexibility index (Phi) is 6.18. The summed E-state index contributed by atoms with van der Waals surface area (Å²) < 4.78 is 0. The Hall–Kier alpha value is 0.392. The Morgan fingerprint density at radius 3 is 2.27 bits per heavy atom. The topological polar surface area (TPSA) is 40.1 Å². The summed E-state index contributed by atoms with van der Waals surface area (Å²) >= 11 is 0. The summed E-state index contributed by atoms with van der Waals surface area (Å²) in [5.41, 5.74) is 0. The zero-order valence-electron chi connectivity index (χ0n) is 6.71. The van der Waals surface area contributed by atoms with Crippen molar-refractivity contribution < 1.29 is 9.90 Å². The first-order valence-electron chi connectivity index (χ1n) is 3.99. The van der Waals surface area contributed by atoms with Gasteiger partial charge in [-0.15, -0.1) is 0 Å². The predicted molar refractivity (Wildman–Crippen MR) is 42.0 cm³/mol. The Labute approximate surface area is 87.5 Å². The second-order valence-corrected chi connectivity index (χ2v) is 3.08. The molecular weight excluding hydrogens is 332 g/mol. The average Bonchev–Trinajstić information content (AvgIpc) is 1.88. The fraction of sp³-hybridized carbons (Fsp3) is 0.875. The van der Waals surface area contributed by atoms with Crippen molar-refractivity contribution in [3.63, 3.8) is 0 Å². The molecular formula is C8H13O2Tl. The van der Waals surface area contributed by atoms with Gasteiger partial charge in [0.25, 0.3) is 0 Å². The Bertz CT molecular complexity index is 119. The fourth-order valence-corrected chi connectivity index (χ4v) is 1.63. The number of hydrogen-bond donors (Lipinski definition) is 0. The van der Waals surface area contributed by atoms with Gasteiger partial charge in [-0.2, -0.15) is 0 Å². The van der Waals surface area contributed by atoms with Crippen molar-refractivity contribution >= 4 is 33.3 Å². The number of carboxylic acid groups (broad SMARTS) is 1. The summed E-state index contributed by atoms with van der Waals surface area (Å²) in [6, 6.07) is 0. The minimum atomic E-state index is -0.882. The third-order valence-corrected chi connectivity index (χ3v) is 2.18. The van der Waals surface area contributed by atoms with Crippen LogP contribution >= 0.6 is 0 Å². The van der Waals surface area contributed by atoms with Gasteiger partial charge in [0.05, 0.1) is 0 Å². The number of carboxylic acids is 1. The molecule has 11 heavy (non-hydrogen) atoms. The van der Waals surface area contributed by atoms with Crippen LogP contribution in [0, 0.1) is 5.92 Å². The molecule has 3 heteroatoms. The largest absolute Gasteiger partial charge is 1.00 e. The molecule has 1 rings (SSSR count). The van der Waals surface area contributed by atoms with E-state index < -0.39 is 5.97 Å². The summed E-state index contributed by atoms with van der Waals surface area (Å²) in [5, 5.41) is 10.2.